The number of ether oxygens (including phenoxy) is 9. The van der Waals surface area contributed by atoms with Crippen LogP contribution in [0.1, 0.15) is 70.0 Å². The zero-order valence-corrected chi connectivity index (χ0v) is 41.6. The molecule has 1 aliphatic rings. The standard InChI is InChI=1S/C34H33NO5.C24H32O8/c1-22-13-23(2)16-28(15-22)20-35(32(36)30-7-5-6-8-31(30)33(37)38)19-26-9-11-27(12-10-26)21-40-34(39)29-17-24(3)14-25(4)18-29;1-2-6-22-21(5-1)29-17-13-25-9-10-27-15-19-31-23-7-3-4-8-24(23)32-20-16-28-12-11-26-14-18-30-22/h5-18H,19-21H2,1-4H3,(H,37,38);1-8H,9-20H2. The van der Waals surface area contributed by atoms with E-state index in [0.29, 0.717) is 114 Å². The van der Waals surface area contributed by atoms with E-state index < -0.39 is 5.97 Å². The van der Waals surface area contributed by atoms with Crippen molar-refractivity contribution in [1.82, 2.24) is 4.90 Å². The van der Waals surface area contributed by atoms with E-state index in [0.717, 1.165) is 38.9 Å². The van der Waals surface area contributed by atoms with Crippen LogP contribution in [0.2, 0.25) is 0 Å². The molecule has 72 heavy (non-hydrogen) atoms. The van der Waals surface area contributed by atoms with E-state index in [-0.39, 0.29) is 36.2 Å². The van der Waals surface area contributed by atoms with E-state index in [1.165, 1.54) is 6.07 Å². The quantitative estimate of drug-likeness (QED) is 0.137. The number of carbonyl (C=O) groups is 3. The second-order valence-corrected chi connectivity index (χ2v) is 17.0. The fraction of sp³-hybridized carbons (Fsp3) is 0.328. The summed E-state index contributed by atoms with van der Waals surface area (Å²) < 4.78 is 50.9. The maximum absolute atomic E-state index is 13.7. The normalized spacial score (nSPS) is 14.1. The molecule has 1 heterocycles. The highest BCUT2D eigenvalue weighted by Gasteiger charge is 2.23. The minimum Gasteiger partial charge on any atom is -0.487 e. The molecule has 7 rings (SSSR count). The van der Waals surface area contributed by atoms with Crippen LogP contribution in [0.5, 0.6) is 23.0 Å². The summed E-state index contributed by atoms with van der Waals surface area (Å²) in [5.74, 6) is 0.854. The van der Waals surface area contributed by atoms with Crippen molar-refractivity contribution in [2.75, 3.05) is 79.3 Å². The third-order valence-corrected chi connectivity index (χ3v) is 10.9. The van der Waals surface area contributed by atoms with Gasteiger partial charge in [-0.2, -0.15) is 0 Å². The van der Waals surface area contributed by atoms with Crippen LogP contribution in [-0.2, 0) is 43.4 Å². The van der Waals surface area contributed by atoms with E-state index in [2.05, 4.69) is 6.07 Å². The number of carbonyl (C=O) groups excluding carboxylic acids is 2. The summed E-state index contributed by atoms with van der Waals surface area (Å²) in [6, 6.07) is 40.7. The Kier molecular flexibility index (Phi) is 21.9. The average molecular weight is 984 g/mol. The molecule has 0 atom stereocenters. The van der Waals surface area contributed by atoms with Gasteiger partial charge in [0.15, 0.2) is 23.0 Å². The molecule has 0 saturated carbocycles. The van der Waals surface area contributed by atoms with Crippen LogP contribution in [0.25, 0.3) is 0 Å². The molecule has 6 aromatic carbocycles. The van der Waals surface area contributed by atoms with E-state index >= 15 is 0 Å². The van der Waals surface area contributed by atoms with Crippen molar-refractivity contribution in [2.24, 2.45) is 0 Å². The molecule has 14 nitrogen and oxygen atoms in total. The number of rotatable bonds is 9. The van der Waals surface area contributed by atoms with Crippen molar-refractivity contribution in [2.45, 2.75) is 47.4 Å². The van der Waals surface area contributed by atoms with Crippen LogP contribution < -0.4 is 18.9 Å². The summed E-state index contributed by atoms with van der Waals surface area (Å²) in [6.07, 6.45) is 0. The van der Waals surface area contributed by atoms with Crippen molar-refractivity contribution in [3.05, 3.63) is 189 Å². The van der Waals surface area contributed by atoms with Crippen molar-refractivity contribution in [3.63, 3.8) is 0 Å². The number of aryl methyl sites for hydroxylation is 4. The van der Waals surface area contributed by atoms with Crippen LogP contribution in [0.3, 0.4) is 0 Å². The van der Waals surface area contributed by atoms with E-state index in [9.17, 15) is 19.5 Å². The molecule has 0 bridgehead atoms. The Morgan fingerprint density at radius 1 is 0.444 bits per heavy atom. The van der Waals surface area contributed by atoms with Crippen LogP contribution in [0, 0.1) is 27.7 Å². The van der Waals surface area contributed by atoms with E-state index in [1.54, 1.807) is 23.1 Å². The Hall–Kier alpha value is -7.23. The summed E-state index contributed by atoms with van der Waals surface area (Å²) >= 11 is 0. The maximum atomic E-state index is 13.7. The van der Waals surface area contributed by atoms with Crippen molar-refractivity contribution in [1.29, 1.82) is 0 Å². The molecule has 0 unspecified atom stereocenters. The molecule has 1 N–H and O–H groups in total. The highest BCUT2D eigenvalue weighted by molar-refractivity contribution is 6.04. The van der Waals surface area contributed by atoms with Gasteiger partial charge >= 0.3 is 11.9 Å². The van der Waals surface area contributed by atoms with Crippen molar-refractivity contribution < 1.29 is 62.1 Å². The molecule has 0 radical (unpaired) electrons. The summed E-state index contributed by atoms with van der Waals surface area (Å²) in [5.41, 5.74) is 7.49. The van der Waals surface area contributed by atoms with Crippen molar-refractivity contribution >= 4 is 17.8 Å². The molecule has 0 aromatic heterocycles. The largest absolute Gasteiger partial charge is 0.487 e. The summed E-state index contributed by atoms with van der Waals surface area (Å²) in [7, 11) is 0. The minimum absolute atomic E-state index is 0.0288. The highest BCUT2D eigenvalue weighted by Crippen LogP contribution is 2.28. The fourth-order valence-corrected chi connectivity index (χ4v) is 7.76. The number of benzene rings is 6. The third-order valence-electron chi connectivity index (χ3n) is 10.9. The summed E-state index contributed by atoms with van der Waals surface area (Å²) in [6.45, 7) is 14.1. The molecule has 1 amide bonds. The number of para-hydroxylation sites is 4. The molecule has 380 valence electrons. The first-order valence-electron chi connectivity index (χ1n) is 24.0. The number of aromatic carboxylic acids is 1. The zero-order valence-electron chi connectivity index (χ0n) is 41.6. The fourth-order valence-electron chi connectivity index (χ4n) is 7.76. The van der Waals surface area contributed by atoms with Gasteiger partial charge in [-0.3, -0.25) is 4.79 Å². The Balaban J connectivity index is 0.000000241. The van der Waals surface area contributed by atoms with Crippen LogP contribution in [-0.4, -0.2) is 107 Å². The van der Waals surface area contributed by atoms with E-state index in [1.807, 2.05) is 131 Å². The van der Waals surface area contributed by atoms with Gasteiger partial charge in [0.25, 0.3) is 5.91 Å². The second kappa shape index (κ2) is 29.2. The Labute approximate surface area is 422 Å². The molecular formula is C58H65NO13. The van der Waals surface area contributed by atoms with E-state index in [4.69, 9.17) is 42.6 Å². The van der Waals surface area contributed by atoms with Gasteiger partial charge in [-0.1, -0.05) is 107 Å². The maximum Gasteiger partial charge on any atom is 0.338 e. The number of hydrogen-bond donors (Lipinski definition) is 1. The lowest BCUT2D eigenvalue weighted by Gasteiger charge is -2.24. The molecule has 0 aliphatic carbocycles. The number of nitrogens with zero attached hydrogens (tertiary/aromatic N) is 1. The predicted octanol–water partition coefficient (Wildman–Crippen LogP) is 9.80. The molecule has 14 heteroatoms. The molecular weight excluding hydrogens is 919 g/mol. The predicted molar refractivity (Wildman–Crippen MR) is 273 cm³/mol. The Bertz CT molecular complexity index is 2480. The van der Waals surface area contributed by atoms with Gasteiger partial charge in [0.05, 0.1) is 69.5 Å². The lowest BCUT2D eigenvalue weighted by atomic mass is 10.0. The van der Waals surface area contributed by atoms with Gasteiger partial charge in [-0.25, -0.2) is 9.59 Å². The third kappa shape index (κ3) is 18.2. The molecule has 0 saturated heterocycles. The van der Waals surface area contributed by atoms with Crippen LogP contribution in [0.15, 0.2) is 133 Å². The first-order chi connectivity index (χ1) is 35.0. The second-order valence-electron chi connectivity index (χ2n) is 17.0. The molecule has 1 aliphatic heterocycles. The SMILES string of the molecule is Cc1cc(C)cc(CN(Cc2ccc(COC(=O)c3cc(C)cc(C)c3)cc2)C(=O)c2ccccc2C(=O)O)c1.c1ccc2c(c1)OCCOCCOCCOc1ccccc1OCCOCCOCCO2. The first kappa shape index (κ1) is 54.1. The highest BCUT2D eigenvalue weighted by atomic mass is 16.6. The van der Waals surface area contributed by atoms with Gasteiger partial charge in [-0.15, -0.1) is 0 Å². The Morgan fingerprint density at radius 2 is 0.806 bits per heavy atom. The number of fused-ring (bicyclic) bond motifs is 2. The number of hydrogen-bond acceptors (Lipinski definition) is 12. The Morgan fingerprint density at radius 3 is 1.24 bits per heavy atom. The van der Waals surface area contributed by atoms with Gasteiger partial charge in [-0.05, 0) is 92.9 Å². The molecule has 0 fully saturated rings. The lowest BCUT2D eigenvalue weighted by molar-refractivity contribution is 0.0223. The summed E-state index contributed by atoms with van der Waals surface area (Å²) in [5, 5.41) is 9.66. The number of esters is 1. The topological polar surface area (TPSA) is 158 Å². The van der Waals surface area contributed by atoms with Gasteiger partial charge in [0, 0.05) is 13.1 Å². The van der Waals surface area contributed by atoms with Gasteiger partial charge in [0.2, 0.25) is 0 Å². The van der Waals surface area contributed by atoms with Crippen LogP contribution in [0.4, 0.5) is 0 Å². The lowest BCUT2D eigenvalue weighted by Crippen LogP contribution is -2.31. The average Bonchev–Trinajstić information content (AvgIpc) is 3.36. The first-order valence-corrected chi connectivity index (χ1v) is 24.0. The number of amides is 1. The number of carboxylic acids is 1. The van der Waals surface area contributed by atoms with Gasteiger partial charge in [0.1, 0.15) is 33.0 Å². The van der Waals surface area contributed by atoms with Crippen LogP contribution >= 0.6 is 0 Å². The number of carboxylic acid groups (broad SMARTS) is 1. The summed E-state index contributed by atoms with van der Waals surface area (Å²) in [4.78, 5) is 39.7. The minimum atomic E-state index is -1.14. The zero-order chi connectivity index (χ0) is 50.9. The molecule has 6 aromatic rings. The van der Waals surface area contributed by atoms with Gasteiger partial charge < -0.3 is 52.6 Å². The molecule has 0 spiro atoms. The monoisotopic (exact) mass is 983 g/mol. The van der Waals surface area contributed by atoms with Crippen molar-refractivity contribution in [3.8, 4) is 23.0 Å². The smallest absolute Gasteiger partial charge is 0.338 e.